The van der Waals surface area contributed by atoms with Crippen molar-refractivity contribution in [1.29, 1.82) is 0 Å². The van der Waals surface area contributed by atoms with Crippen LogP contribution >= 0.6 is 0 Å². The van der Waals surface area contributed by atoms with Crippen LogP contribution in [0.4, 0.5) is 4.79 Å². The fourth-order valence-electron chi connectivity index (χ4n) is 8.53. The van der Waals surface area contributed by atoms with Crippen molar-refractivity contribution in [3.8, 4) is 11.3 Å². The van der Waals surface area contributed by atoms with Crippen LogP contribution in [-0.2, 0) is 30.3 Å². The Kier molecular flexibility index (Phi) is 14.5. The SMILES string of the molecule is C=C(/C=C\C(=C/C)c1ccc(-c2cnc(C3CC(OC)(OC)CN3C(=O)C(NC(=O)OC)C(C)C)[nH]2)cc1)c1cnc[nH]1.O=C(NCc1cccnc1)C1CC2CCC1C2. The van der Waals surface area contributed by atoms with Crippen LogP contribution in [0.1, 0.15) is 81.6 Å². The quantitative estimate of drug-likeness (QED) is 0.0754. The number of fused-ring (bicyclic) bond motifs is 2. The summed E-state index contributed by atoms with van der Waals surface area (Å²) in [7, 11) is 4.37. The highest BCUT2D eigenvalue weighted by Gasteiger charge is 2.50. The Bertz CT molecular complexity index is 2120. The maximum Gasteiger partial charge on any atom is 0.407 e. The third-order valence-electron chi connectivity index (χ3n) is 12.0. The number of H-pyrrole nitrogens is 2. The average molecular weight is 819 g/mol. The third kappa shape index (κ3) is 10.3. The molecule has 3 amide bonds. The van der Waals surface area contributed by atoms with E-state index in [1.165, 1.54) is 26.4 Å². The van der Waals surface area contributed by atoms with Gasteiger partial charge in [-0.15, -0.1) is 0 Å². The Morgan fingerprint density at radius 1 is 1.02 bits per heavy atom. The Balaban J connectivity index is 0.000000292. The molecular weight excluding hydrogens is 761 g/mol. The molecule has 2 bridgehead atoms. The fourth-order valence-corrected chi connectivity index (χ4v) is 8.53. The van der Waals surface area contributed by atoms with Crippen LogP contribution in [-0.4, -0.2) is 87.4 Å². The zero-order valence-electron chi connectivity index (χ0n) is 35.4. The number of hydrogen-bond acceptors (Lipinski definition) is 9. The van der Waals surface area contributed by atoms with E-state index < -0.39 is 24.0 Å². The lowest BCUT2D eigenvalue weighted by atomic mass is 9.88. The van der Waals surface area contributed by atoms with Gasteiger partial charge in [-0.05, 0) is 77.8 Å². The number of aromatic amines is 2. The molecule has 7 rings (SSSR count). The lowest BCUT2D eigenvalue weighted by Gasteiger charge is -2.30. The summed E-state index contributed by atoms with van der Waals surface area (Å²) >= 11 is 0. The lowest BCUT2D eigenvalue weighted by molar-refractivity contribution is -0.197. The molecule has 4 aromatic rings. The monoisotopic (exact) mass is 818 g/mol. The normalized spacial score (nSPS) is 21.1. The predicted octanol–water partition coefficient (Wildman–Crippen LogP) is 7.25. The van der Waals surface area contributed by atoms with Gasteiger partial charge in [-0.1, -0.05) is 75.4 Å². The van der Waals surface area contributed by atoms with Crippen molar-refractivity contribution >= 4 is 29.1 Å². The van der Waals surface area contributed by atoms with Gasteiger partial charge in [-0.3, -0.25) is 14.6 Å². The molecule has 2 saturated carbocycles. The number of rotatable bonds is 14. The van der Waals surface area contributed by atoms with E-state index in [1.807, 2.05) is 75.4 Å². The molecule has 60 heavy (non-hydrogen) atoms. The third-order valence-corrected chi connectivity index (χ3v) is 12.0. The second kappa shape index (κ2) is 19.9. The highest BCUT2D eigenvalue weighted by atomic mass is 16.7. The number of carbonyl (C=O) groups is 3. The summed E-state index contributed by atoms with van der Waals surface area (Å²) < 4.78 is 16.2. The van der Waals surface area contributed by atoms with Crippen molar-refractivity contribution in [3.63, 3.8) is 0 Å². The number of hydrogen-bond donors (Lipinski definition) is 4. The summed E-state index contributed by atoms with van der Waals surface area (Å²) in [5, 5.41) is 5.71. The first kappa shape index (κ1) is 43.7. The lowest BCUT2D eigenvalue weighted by Crippen LogP contribution is -2.52. The molecule has 3 aromatic heterocycles. The maximum absolute atomic E-state index is 13.8. The number of nitrogens with one attached hydrogen (secondary N) is 4. The van der Waals surface area contributed by atoms with E-state index in [-0.39, 0.29) is 30.2 Å². The molecule has 14 nitrogen and oxygen atoms in total. The number of likely N-dealkylation sites (tertiary alicyclic amines) is 1. The minimum Gasteiger partial charge on any atom is -0.453 e. The van der Waals surface area contributed by atoms with E-state index >= 15 is 0 Å². The molecule has 318 valence electrons. The van der Waals surface area contributed by atoms with Gasteiger partial charge in [-0.2, -0.15) is 0 Å². The first-order valence-electron chi connectivity index (χ1n) is 20.6. The molecule has 14 heteroatoms. The molecule has 5 unspecified atom stereocenters. The van der Waals surface area contributed by atoms with Gasteiger partial charge in [0.1, 0.15) is 11.9 Å². The van der Waals surface area contributed by atoms with Crippen LogP contribution in [0.2, 0.25) is 0 Å². The zero-order valence-corrected chi connectivity index (χ0v) is 35.4. The molecule has 4 N–H and O–H groups in total. The highest BCUT2D eigenvalue weighted by molar-refractivity contribution is 5.86. The van der Waals surface area contributed by atoms with E-state index in [1.54, 1.807) is 50.2 Å². The summed E-state index contributed by atoms with van der Waals surface area (Å²) in [6.45, 7) is 10.6. The van der Waals surface area contributed by atoms with Crippen molar-refractivity contribution in [3.05, 3.63) is 115 Å². The summed E-state index contributed by atoms with van der Waals surface area (Å²) in [4.78, 5) is 58.7. The summed E-state index contributed by atoms with van der Waals surface area (Å²) in [6.07, 6.45) is 19.4. The molecule has 1 aromatic carbocycles. The average Bonchev–Trinajstić information content (AvgIpc) is 4.14. The zero-order chi connectivity index (χ0) is 42.8. The number of benzene rings is 1. The summed E-state index contributed by atoms with van der Waals surface area (Å²) in [6, 6.07) is 10.8. The van der Waals surface area contributed by atoms with Gasteiger partial charge in [-0.25, -0.2) is 14.8 Å². The van der Waals surface area contributed by atoms with Crippen molar-refractivity contribution < 1.29 is 28.6 Å². The van der Waals surface area contributed by atoms with Crippen molar-refractivity contribution in [2.45, 2.75) is 77.3 Å². The smallest absolute Gasteiger partial charge is 0.407 e. The number of imidazole rings is 2. The molecule has 3 fully saturated rings. The molecule has 3 aliphatic rings. The molecule has 1 aliphatic heterocycles. The molecule has 1 saturated heterocycles. The van der Waals surface area contributed by atoms with Gasteiger partial charge in [0.25, 0.3) is 0 Å². The second-order valence-corrected chi connectivity index (χ2v) is 16.1. The number of amides is 3. The standard InChI is InChI=1S/C32H40N6O5.C14H18N2O/c1-8-22(10-9-21(4)25-16-33-19-35-25)23-11-13-24(14-12-23)26-17-34-29(36-26)27-15-32(42-6,43-7)18-38(27)30(39)28(20(2)3)37-31(40)41-5;17-14(13-7-10-3-4-12(13)6-10)16-9-11-2-1-5-15-8-11/h8-14,16-17,19-20,27-28H,4,15,18H2,1-3,5-7H3,(H,33,35)(H,34,36)(H,37,40);1-2,5,8,10,12-13H,3-4,6-7,9H2,(H,16,17)/b10-9-,22-8+;. The van der Waals surface area contributed by atoms with E-state index in [4.69, 9.17) is 14.2 Å². The first-order valence-corrected chi connectivity index (χ1v) is 20.6. The van der Waals surface area contributed by atoms with Crippen molar-refractivity contribution in [2.24, 2.45) is 23.7 Å². The van der Waals surface area contributed by atoms with Gasteiger partial charge in [0, 0.05) is 45.5 Å². The largest absolute Gasteiger partial charge is 0.453 e. The molecule has 0 spiro atoms. The van der Waals surface area contributed by atoms with E-state index in [9.17, 15) is 14.4 Å². The Hall–Kier alpha value is -5.86. The Labute approximate surface area is 352 Å². The minimum absolute atomic E-state index is 0.173. The van der Waals surface area contributed by atoms with Crippen LogP contribution in [0, 0.1) is 23.7 Å². The van der Waals surface area contributed by atoms with Crippen LogP contribution in [0.15, 0.2) is 92.3 Å². The van der Waals surface area contributed by atoms with E-state index in [0.29, 0.717) is 24.7 Å². The maximum atomic E-state index is 13.8. The van der Waals surface area contributed by atoms with E-state index in [2.05, 4.69) is 42.1 Å². The number of aromatic nitrogens is 5. The molecule has 0 radical (unpaired) electrons. The number of alkyl carbamates (subject to hydrolysis) is 1. The second-order valence-electron chi connectivity index (χ2n) is 16.1. The molecule has 5 atom stereocenters. The van der Waals surface area contributed by atoms with Crippen LogP contribution < -0.4 is 10.6 Å². The van der Waals surface area contributed by atoms with Gasteiger partial charge in [0.2, 0.25) is 11.8 Å². The van der Waals surface area contributed by atoms with Crippen LogP contribution in [0.3, 0.4) is 0 Å². The first-order chi connectivity index (χ1) is 29.0. The number of nitrogens with zero attached hydrogens (tertiary/aromatic N) is 4. The van der Waals surface area contributed by atoms with Crippen molar-refractivity contribution in [1.82, 2.24) is 40.5 Å². The molecular formula is C46H58N8O6. The fraction of sp³-hybridized carbons (Fsp3) is 0.435. The topological polar surface area (TPSA) is 176 Å². The van der Waals surface area contributed by atoms with E-state index in [0.717, 1.165) is 51.6 Å². The van der Waals surface area contributed by atoms with Gasteiger partial charge in [0.15, 0.2) is 5.79 Å². The predicted molar refractivity (Wildman–Crippen MR) is 229 cm³/mol. The van der Waals surface area contributed by atoms with Gasteiger partial charge in [0.05, 0.1) is 49.8 Å². The minimum atomic E-state index is -1.01. The van der Waals surface area contributed by atoms with Crippen LogP contribution in [0.25, 0.3) is 22.4 Å². The summed E-state index contributed by atoms with van der Waals surface area (Å²) in [5.41, 5.74) is 6.63. The number of ether oxygens (including phenoxy) is 3. The number of allylic oxidation sites excluding steroid dienone is 5. The van der Waals surface area contributed by atoms with Crippen molar-refractivity contribution in [2.75, 3.05) is 27.9 Å². The Morgan fingerprint density at radius 2 is 1.80 bits per heavy atom. The van der Waals surface area contributed by atoms with Crippen LogP contribution in [0.5, 0.6) is 0 Å². The Morgan fingerprint density at radius 3 is 2.40 bits per heavy atom. The number of pyridine rings is 1. The van der Waals surface area contributed by atoms with Gasteiger partial charge < -0.3 is 39.7 Å². The molecule has 2 aliphatic carbocycles. The molecule has 4 heterocycles. The van der Waals surface area contributed by atoms with Gasteiger partial charge >= 0.3 is 6.09 Å². The number of methoxy groups -OCH3 is 3. The highest BCUT2D eigenvalue weighted by Crippen LogP contribution is 2.48. The number of carbonyl (C=O) groups excluding carboxylic acids is 3. The summed E-state index contributed by atoms with van der Waals surface area (Å²) in [5.74, 6) is 1.15.